The molecule has 1 aliphatic heterocycles. The molecule has 0 spiro atoms. The molecular weight excluding hydrogens is 198 g/mol. The number of nitrogens with one attached hydrogen (secondary N) is 1. The summed E-state index contributed by atoms with van der Waals surface area (Å²) < 4.78 is 23.0. The van der Waals surface area contributed by atoms with E-state index < -0.39 is 14.6 Å². The van der Waals surface area contributed by atoms with Gasteiger partial charge in [-0.05, 0) is 32.6 Å². The molecule has 1 N–H and O–H groups in total. The largest absolute Gasteiger partial charge is 0.316 e. The Morgan fingerprint density at radius 1 is 1.29 bits per heavy atom. The third-order valence-electron chi connectivity index (χ3n) is 3.01. The summed E-state index contributed by atoms with van der Waals surface area (Å²) in [6, 6.07) is 0. The smallest absolute Gasteiger partial charge is 0.155 e. The average Bonchev–Trinajstić information content (AvgIpc) is 1.95. The Kier molecular flexibility index (Phi) is 2.99. The van der Waals surface area contributed by atoms with Gasteiger partial charge in [0.25, 0.3) is 0 Å². The minimum atomic E-state index is -2.93. The van der Waals surface area contributed by atoms with Crippen LogP contribution in [0, 0.1) is 5.41 Å². The maximum Gasteiger partial charge on any atom is 0.155 e. The molecule has 0 aromatic heterocycles. The average molecular weight is 219 g/mol. The number of rotatable bonds is 3. The molecule has 1 heterocycles. The first-order chi connectivity index (χ1) is 6.16. The van der Waals surface area contributed by atoms with Gasteiger partial charge in [-0.3, -0.25) is 0 Å². The van der Waals surface area contributed by atoms with E-state index in [9.17, 15) is 8.42 Å². The van der Waals surface area contributed by atoms with Crippen molar-refractivity contribution in [1.29, 1.82) is 0 Å². The highest BCUT2D eigenvalue weighted by molar-refractivity contribution is 7.92. The van der Waals surface area contributed by atoms with Crippen LogP contribution in [0.1, 0.15) is 34.1 Å². The molecular formula is C10H21NO2S. The molecule has 1 rings (SSSR count). The molecule has 4 heteroatoms. The highest BCUT2D eigenvalue weighted by Crippen LogP contribution is 2.28. The van der Waals surface area contributed by atoms with Gasteiger partial charge in [-0.2, -0.15) is 0 Å². The summed E-state index contributed by atoms with van der Waals surface area (Å²) in [5.74, 6) is 0.314. The predicted octanol–water partition coefficient (Wildman–Crippen LogP) is 1.20. The van der Waals surface area contributed by atoms with E-state index in [1.54, 1.807) is 20.8 Å². The van der Waals surface area contributed by atoms with E-state index >= 15 is 0 Å². The first kappa shape index (κ1) is 12.0. The molecule has 3 nitrogen and oxygen atoms in total. The van der Waals surface area contributed by atoms with Crippen molar-refractivity contribution in [3.8, 4) is 0 Å². The first-order valence-corrected chi connectivity index (χ1v) is 6.75. The topological polar surface area (TPSA) is 46.2 Å². The predicted molar refractivity (Wildman–Crippen MR) is 59.1 cm³/mol. The minimum Gasteiger partial charge on any atom is -0.316 e. The van der Waals surface area contributed by atoms with Gasteiger partial charge in [0.15, 0.2) is 9.84 Å². The van der Waals surface area contributed by atoms with Gasteiger partial charge in [0.1, 0.15) is 0 Å². The third kappa shape index (κ3) is 2.48. The second-order valence-electron chi connectivity index (χ2n) is 5.60. The number of hydrogen-bond donors (Lipinski definition) is 1. The van der Waals surface area contributed by atoms with Crippen LogP contribution in [0.5, 0.6) is 0 Å². The Balaban J connectivity index is 2.53. The van der Waals surface area contributed by atoms with E-state index in [1.807, 2.05) is 0 Å². The van der Waals surface area contributed by atoms with Crippen molar-refractivity contribution in [3.63, 3.8) is 0 Å². The van der Waals surface area contributed by atoms with Crippen LogP contribution in [0.2, 0.25) is 0 Å². The first-order valence-electron chi connectivity index (χ1n) is 5.09. The lowest BCUT2D eigenvalue weighted by Crippen LogP contribution is -2.52. The molecule has 0 aromatic rings. The fourth-order valence-electron chi connectivity index (χ4n) is 1.42. The zero-order valence-electron chi connectivity index (χ0n) is 9.55. The minimum absolute atomic E-state index is 0.207. The van der Waals surface area contributed by atoms with E-state index in [1.165, 1.54) is 0 Å². The van der Waals surface area contributed by atoms with Gasteiger partial charge in [-0.25, -0.2) is 8.42 Å². The Morgan fingerprint density at radius 3 is 2.07 bits per heavy atom. The molecule has 0 bridgehead atoms. The van der Waals surface area contributed by atoms with Crippen LogP contribution in [0.3, 0.4) is 0 Å². The van der Waals surface area contributed by atoms with E-state index in [4.69, 9.17) is 0 Å². The van der Waals surface area contributed by atoms with Crippen LogP contribution >= 0.6 is 0 Å². The zero-order valence-corrected chi connectivity index (χ0v) is 10.4. The molecule has 14 heavy (non-hydrogen) atoms. The lowest BCUT2D eigenvalue weighted by molar-refractivity contribution is 0.189. The van der Waals surface area contributed by atoms with Crippen LogP contribution in [0.15, 0.2) is 0 Å². The van der Waals surface area contributed by atoms with Gasteiger partial charge in [-0.15, -0.1) is 0 Å². The molecule has 0 aliphatic carbocycles. The van der Waals surface area contributed by atoms with Gasteiger partial charge < -0.3 is 5.32 Å². The van der Waals surface area contributed by atoms with Gasteiger partial charge in [-0.1, -0.05) is 6.92 Å². The normalized spacial score (nSPS) is 21.7. The van der Waals surface area contributed by atoms with E-state index in [0.717, 1.165) is 19.5 Å². The fourth-order valence-corrected chi connectivity index (χ4v) is 2.79. The molecule has 1 aliphatic rings. The van der Waals surface area contributed by atoms with E-state index in [-0.39, 0.29) is 5.41 Å². The Bertz CT molecular complexity index is 297. The van der Waals surface area contributed by atoms with Gasteiger partial charge in [0.2, 0.25) is 0 Å². The maximum atomic E-state index is 11.8. The summed E-state index contributed by atoms with van der Waals surface area (Å²) in [5, 5.41) is 3.18. The lowest BCUT2D eigenvalue weighted by atomic mass is 9.82. The zero-order chi connectivity index (χ0) is 11.0. The number of sulfone groups is 1. The standard InChI is InChI=1S/C10H21NO2S/c1-9(2,3)14(12,13)6-5-10(4)7-11-8-10/h11H,5-8H2,1-4H3. The van der Waals surface area contributed by atoms with Crippen molar-refractivity contribution < 1.29 is 8.42 Å². The van der Waals surface area contributed by atoms with E-state index in [0.29, 0.717) is 5.75 Å². The fraction of sp³-hybridized carbons (Fsp3) is 1.00. The van der Waals surface area contributed by atoms with Crippen molar-refractivity contribution in [2.75, 3.05) is 18.8 Å². The van der Waals surface area contributed by atoms with Crippen molar-refractivity contribution in [3.05, 3.63) is 0 Å². The number of hydrogen-bond acceptors (Lipinski definition) is 3. The highest BCUT2D eigenvalue weighted by atomic mass is 32.2. The summed E-state index contributed by atoms with van der Waals surface area (Å²) >= 11 is 0. The summed E-state index contributed by atoms with van der Waals surface area (Å²) in [5.41, 5.74) is 0.207. The van der Waals surface area contributed by atoms with Crippen LogP contribution in [-0.2, 0) is 9.84 Å². The summed E-state index contributed by atoms with van der Waals surface area (Å²) in [4.78, 5) is 0. The van der Waals surface area contributed by atoms with Crippen LogP contribution < -0.4 is 5.32 Å². The molecule has 0 unspecified atom stereocenters. The molecule has 0 amide bonds. The van der Waals surface area contributed by atoms with E-state index in [2.05, 4.69) is 12.2 Å². The molecule has 1 fully saturated rings. The van der Waals surface area contributed by atoms with Crippen molar-refractivity contribution >= 4 is 9.84 Å². The Labute approximate surface area is 87.2 Å². The monoisotopic (exact) mass is 219 g/mol. The summed E-state index contributed by atoms with van der Waals surface area (Å²) in [6.45, 7) is 9.35. The summed E-state index contributed by atoms with van der Waals surface area (Å²) in [7, 11) is -2.93. The second-order valence-corrected chi connectivity index (χ2v) is 8.46. The third-order valence-corrected chi connectivity index (χ3v) is 5.62. The lowest BCUT2D eigenvalue weighted by Gasteiger charge is -2.39. The van der Waals surface area contributed by atoms with Crippen molar-refractivity contribution in [2.45, 2.75) is 38.9 Å². The quantitative estimate of drug-likeness (QED) is 0.776. The van der Waals surface area contributed by atoms with Crippen molar-refractivity contribution in [2.24, 2.45) is 5.41 Å². The van der Waals surface area contributed by atoms with Gasteiger partial charge in [0.05, 0.1) is 10.5 Å². The molecule has 0 aromatic carbocycles. The van der Waals surface area contributed by atoms with Crippen LogP contribution in [0.4, 0.5) is 0 Å². The van der Waals surface area contributed by atoms with Crippen LogP contribution in [0.25, 0.3) is 0 Å². The Morgan fingerprint density at radius 2 is 1.79 bits per heavy atom. The van der Waals surface area contributed by atoms with Gasteiger partial charge >= 0.3 is 0 Å². The molecule has 1 saturated heterocycles. The van der Waals surface area contributed by atoms with Crippen LogP contribution in [-0.4, -0.2) is 32.0 Å². The Hall–Kier alpha value is -0.0900. The molecule has 0 saturated carbocycles. The molecule has 0 atom stereocenters. The highest BCUT2D eigenvalue weighted by Gasteiger charge is 2.36. The van der Waals surface area contributed by atoms with Crippen molar-refractivity contribution in [1.82, 2.24) is 5.32 Å². The molecule has 0 radical (unpaired) electrons. The second kappa shape index (κ2) is 3.49. The maximum absolute atomic E-state index is 11.8. The molecule has 84 valence electrons. The van der Waals surface area contributed by atoms with Gasteiger partial charge in [0, 0.05) is 13.1 Å². The summed E-state index contributed by atoms with van der Waals surface area (Å²) in [6.07, 6.45) is 0.777. The SMILES string of the molecule is CC1(CCS(=O)(=O)C(C)(C)C)CNC1.